The number of hydrogen-bond acceptors (Lipinski definition) is 7. The molecule has 184 valence electrons. The predicted octanol–water partition coefficient (Wildman–Crippen LogP) is 4.14. The molecule has 0 aliphatic rings. The third-order valence-corrected chi connectivity index (χ3v) is 5.33. The number of carbonyl (C=O) groups excluding carboxylic acids is 1. The van der Waals surface area contributed by atoms with Crippen LogP contribution in [0, 0.1) is 13.8 Å². The number of ether oxygens (including phenoxy) is 1. The maximum Gasteiger partial charge on any atom is 0.573 e. The number of benzene rings is 1. The summed E-state index contributed by atoms with van der Waals surface area (Å²) in [6.07, 6.45) is -1.84. The summed E-state index contributed by atoms with van der Waals surface area (Å²) in [6, 6.07) is 5.66. The molecule has 4 aromatic rings. The lowest BCUT2D eigenvalue weighted by Gasteiger charge is -2.30. The van der Waals surface area contributed by atoms with E-state index in [9.17, 15) is 23.1 Å². The van der Waals surface area contributed by atoms with E-state index in [2.05, 4.69) is 25.3 Å². The summed E-state index contributed by atoms with van der Waals surface area (Å²) >= 11 is 0. The van der Waals surface area contributed by atoms with Crippen LogP contribution in [-0.2, 0) is 0 Å². The van der Waals surface area contributed by atoms with Crippen molar-refractivity contribution in [3.63, 3.8) is 0 Å². The highest BCUT2D eigenvalue weighted by Crippen LogP contribution is 2.30. The van der Waals surface area contributed by atoms with Crippen molar-refractivity contribution in [2.75, 3.05) is 0 Å². The van der Waals surface area contributed by atoms with Gasteiger partial charge in [0.1, 0.15) is 17.1 Å². The summed E-state index contributed by atoms with van der Waals surface area (Å²) < 4.78 is 47.9. The Morgan fingerprint density at radius 1 is 1.17 bits per heavy atom. The molecule has 0 spiro atoms. The fraction of sp³-hybridized carbons (Fsp3) is 0.304. The zero-order valence-electron chi connectivity index (χ0n) is 19.2. The number of halogens is 3. The van der Waals surface area contributed by atoms with Crippen LogP contribution in [0.5, 0.6) is 5.75 Å². The van der Waals surface area contributed by atoms with Gasteiger partial charge in [0.2, 0.25) is 0 Å². The van der Waals surface area contributed by atoms with E-state index in [4.69, 9.17) is 4.52 Å². The van der Waals surface area contributed by atoms with Gasteiger partial charge < -0.3 is 19.7 Å². The van der Waals surface area contributed by atoms with Crippen LogP contribution in [0.15, 0.2) is 47.2 Å². The molecule has 0 radical (unpaired) electrons. The molecular weight excluding hydrogens is 467 g/mol. The monoisotopic (exact) mass is 489 g/mol. The molecule has 0 saturated heterocycles. The maximum absolute atomic E-state index is 13.2. The number of alkyl halides is 3. The number of aliphatic hydroxyl groups is 1. The molecule has 0 unspecified atom stereocenters. The molecule has 0 aliphatic carbocycles. The van der Waals surface area contributed by atoms with E-state index in [1.54, 1.807) is 26.1 Å². The van der Waals surface area contributed by atoms with E-state index in [1.807, 2.05) is 0 Å². The van der Waals surface area contributed by atoms with Gasteiger partial charge >= 0.3 is 6.36 Å². The van der Waals surface area contributed by atoms with Gasteiger partial charge in [-0.25, -0.2) is 9.50 Å². The van der Waals surface area contributed by atoms with Crippen molar-refractivity contribution >= 4 is 11.6 Å². The number of aromatic nitrogens is 4. The lowest BCUT2D eigenvalue weighted by atomic mass is 9.91. The molecule has 0 fully saturated rings. The van der Waals surface area contributed by atoms with Crippen molar-refractivity contribution in [3.8, 4) is 17.0 Å². The quantitative estimate of drug-likeness (QED) is 0.418. The zero-order valence-corrected chi connectivity index (χ0v) is 19.2. The van der Waals surface area contributed by atoms with Gasteiger partial charge in [-0.1, -0.05) is 17.3 Å². The highest BCUT2D eigenvalue weighted by molar-refractivity contribution is 6.00. The van der Waals surface area contributed by atoms with Crippen molar-refractivity contribution in [2.45, 2.75) is 45.7 Å². The molecular formula is C23H22F3N5O4. The van der Waals surface area contributed by atoms with Gasteiger partial charge in [-0.2, -0.15) is 5.10 Å². The van der Waals surface area contributed by atoms with E-state index in [-0.39, 0.29) is 11.2 Å². The Bertz CT molecular complexity index is 1350. The fourth-order valence-electron chi connectivity index (χ4n) is 3.76. The first-order valence-corrected chi connectivity index (χ1v) is 10.5. The summed E-state index contributed by atoms with van der Waals surface area (Å²) in [6.45, 7) is 6.48. The Kier molecular flexibility index (Phi) is 6.01. The Balaban J connectivity index is 1.65. The molecule has 3 aromatic heterocycles. The van der Waals surface area contributed by atoms with Crippen LogP contribution in [-0.4, -0.2) is 42.7 Å². The fourth-order valence-corrected chi connectivity index (χ4v) is 3.76. The standard InChI is InChI=1S/C23H22F3N5O4/c1-12-18(13(2)35-30-12)17-9-10-31-20(28-17)16(11-27-31)21(32)29-19(22(3,4)33)14-5-7-15(8-6-14)34-23(24,25)26/h5-11,19,33H,1-4H3,(H,29,32)/t19-/m0/s1. The number of aryl methyl sites for hydroxylation is 2. The largest absolute Gasteiger partial charge is 0.573 e. The minimum atomic E-state index is -4.83. The van der Waals surface area contributed by atoms with E-state index in [0.29, 0.717) is 28.3 Å². The second-order valence-corrected chi connectivity index (χ2v) is 8.52. The SMILES string of the molecule is Cc1noc(C)c1-c1ccn2ncc(C(=O)N[C@@H](c3ccc(OC(F)(F)F)cc3)C(C)(C)O)c2n1. The van der Waals surface area contributed by atoms with Crippen LogP contribution in [0.4, 0.5) is 13.2 Å². The van der Waals surface area contributed by atoms with Gasteiger partial charge in [0, 0.05) is 6.20 Å². The van der Waals surface area contributed by atoms with Crippen molar-refractivity contribution in [1.29, 1.82) is 0 Å². The molecule has 12 heteroatoms. The van der Waals surface area contributed by atoms with Gasteiger partial charge in [0.05, 0.1) is 34.8 Å². The maximum atomic E-state index is 13.2. The summed E-state index contributed by atoms with van der Waals surface area (Å²) in [5.41, 5.74) is 1.22. The van der Waals surface area contributed by atoms with E-state index in [0.717, 1.165) is 12.1 Å². The smallest absolute Gasteiger partial charge is 0.406 e. The van der Waals surface area contributed by atoms with E-state index < -0.39 is 29.7 Å². The number of nitrogens with zero attached hydrogens (tertiary/aromatic N) is 4. The Morgan fingerprint density at radius 2 is 1.86 bits per heavy atom. The number of rotatable bonds is 6. The van der Waals surface area contributed by atoms with Crippen molar-refractivity contribution in [1.82, 2.24) is 25.1 Å². The minimum Gasteiger partial charge on any atom is -0.406 e. The number of nitrogens with one attached hydrogen (secondary N) is 1. The molecule has 1 atom stereocenters. The number of hydrogen-bond donors (Lipinski definition) is 2. The second kappa shape index (κ2) is 8.69. The lowest BCUT2D eigenvalue weighted by Crippen LogP contribution is -2.42. The first-order chi connectivity index (χ1) is 16.3. The van der Waals surface area contributed by atoms with Gasteiger partial charge in [-0.15, -0.1) is 13.2 Å². The van der Waals surface area contributed by atoms with Crippen LogP contribution in [0.3, 0.4) is 0 Å². The number of amides is 1. The topological polar surface area (TPSA) is 115 Å². The molecule has 9 nitrogen and oxygen atoms in total. The second-order valence-electron chi connectivity index (χ2n) is 8.52. The lowest BCUT2D eigenvalue weighted by molar-refractivity contribution is -0.274. The van der Waals surface area contributed by atoms with E-state index >= 15 is 0 Å². The van der Waals surface area contributed by atoms with Gasteiger partial charge in [0.25, 0.3) is 5.91 Å². The molecule has 0 saturated carbocycles. The molecule has 3 heterocycles. The molecule has 4 rings (SSSR count). The number of fused-ring (bicyclic) bond motifs is 1. The average molecular weight is 489 g/mol. The van der Waals surface area contributed by atoms with Crippen molar-refractivity contribution in [2.24, 2.45) is 0 Å². The van der Waals surface area contributed by atoms with Gasteiger partial charge in [0.15, 0.2) is 5.65 Å². The molecule has 35 heavy (non-hydrogen) atoms. The van der Waals surface area contributed by atoms with Gasteiger partial charge in [-0.05, 0) is 51.5 Å². The third kappa shape index (κ3) is 5.11. The van der Waals surface area contributed by atoms with E-state index in [1.165, 1.54) is 36.7 Å². The first-order valence-electron chi connectivity index (χ1n) is 10.5. The Morgan fingerprint density at radius 3 is 2.43 bits per heavy atom. The average Bonchev–Trinajstić information content (AvgIpc) is 3.33. The number of carbonyl (C=O) groups is 1. The molecule has 2 N–H and O–H groups in total. The highest BCUT2D eigenvalue weighted by atomic mass is 19.4. The Labute approximate surface area is 197 Å². The highest BCUT2D eigenvalue weighted by Gasteiger charge is 2.33. The minimum absolute atomic E-state index is 0.143. The van der Waals surface area contributed by atoms with Crippen LogP contribution in [0.25, 0.3) is 16.9 Å². The third-order valence-electron chi connectivity index (χ3n) is 5.33. The summed E-state index contributed by atoms with van der Waals surface area (Å²) in [7, 11) is 0. The molecule has 0 aliphatic heterocycles. The molecule has 1 amide bonds. The molecule has 0 bridgehead atoms. The first kappa shape index (κ1) is 24.2. The zero-order chi connectivity index (χ0) is 25.5. The normalized spacial score (nSPS) is 13.1. The van der Waals surface area contributed by atoms with Crippen LogP contribution < -0.4 is 10.1 Å². The van der Waals surface area contributed by atoms with Gasteiger partial charge in [-0.3, -0.25) is 4.79 Å². The van der Waals surface area contributed by atoms with Crippen molar-refractivity contribution < 1.29 is 32.3 Å². The van der Waals surface area contributed by atoms with Crippen molar-refractivity contribution in [3.05, 3.63) is 65.3 Å². The van der Waals surface area contributed by atoms with Crippen LogP contribution in [0.1, 0.15) is 47.3 Å². The Hall–Kier alpha value is -3.93. The van der Waals surface area contributed by atoms with Crippen LogP contribution in [0.2, 0.25) is 0 Å². The molecule has 1 aromatic carbocycles. The summed E-state index contributed by atoms with van der Waals surface area (Å²) in [5, 5.41) is 21.5. The summed E-state index contributed by atoms with van der Waals surface area (Å²) in [5.74, 6) is -0.420. The van der Waals surface area contributed by atoms with Crippen LogP contribution >= 0.6 is 0 Å². The summed E-state index contributed by atoms with van der Waals surface area (Å²) in [4.78, 5) is 17.8. The predicted molar refractivity (Wildman–Crippen MR) is 118 cm³/mol.